The summed E-state index contributed by atoms with van der Waals surface area (Å²) in [7, 11) is 1.69. The van der Waals surface area contributed by atoms with Gasteiger partial charge in [-0.15, -0.1) is 24.0 Å². The standard InChI is InChI=1S/C18H26F3N5O.HI/c1-22-17(23-14-6-7-24(12-14)13-18(19,20)21)26-10-8-25(9-11-26)15-4-2-3-5-16(15)27;/h2-5,14,27H,6-13H2,1H3,(H,22,23);1H. The van der Waals surface area contributed by atoms with E-state index in [0.717, 1.165) is 37.8 Å². The largest absolute Gasteiger partial charge is 0.506 e. The Morgan fingerprint density at radius 2 is 1.86 bits per heavy atom. The van der Waals surface area contributed by atoms with Crippen molar-refractivity contribution in [2.45, 2.75) is 18.6 Å². The van der Waals surface area contributed by atoms with Crippen LogP contribution in [0.5, 0.6) is 5.75 Å². The topological polar surface area (TPSA) is 54.3 Å². The first-order valence-corrected chi connectivity index (χ1v) is 9.16. The molecule has 1 aromatic carbocycles. The number of hydrogen-bond donors (Lipinski definition) is 2. The number of phenolic OH excluding ortho intramolecular Hbond substituents is 1. The van der Waals surface area contributed by atoms with Crippen LogP contribution in [0.4, 0.5) is 18.9 Å². The van der Waals surface area contributed by atoms with Gasteiger partial charge in [-0.2, -0.15) is 13.2 Å². The average Bonchev–Trinajstić information content (AvgIpc) is 3.05. The third-order valence-electron chi connectivity index (χ3n) is 5.02. The van der Waals surface area contributed by atoms with E-state index in [1.807, 2.05) is 12.1 Å². The van der Waals surface area contributed by atoms with Crippen LogP contribution in [0.25, 0.3) is 0 Å². The smallest absolute Gasteiger partial charge is 0.401 e. The highest BCUT2D eigenvalue weighted by Crippen LogP contribution is 2.27. The number of piperazine rings is 1. The summed E-state index contributed by atoms with van der Waals surface area (Å²) in [5.74, 6) is 0.995. The van der Waals surface area contributed by atoms with Gasteiger partial charge in [-0.3, -0.25) is 9.89 Å². The van der Waals surface area contributed by atoms with Gasteiger partial charge in [0.05, 0.1) is 12.2 Å². The zero-order valence-corrected chi connectivity index (χ0v) is 18.2. The molecule has 0 radical (unpaired) electrons. The Bertz CT molecular complexity index is 665. The zero-order chi connectivity index (χ0) is 19.4. The van der Waals surface area contributed by atoms with E-state index in [4.69, 9.17) is 0 Å². The quantitative estimate of drug-likeness (QED) is 0.370. The molecule has 28 heavy (non-hydrogen) atoms. The van der Waals surface area contributed by atoms with Crippen LogP contribution in [-0.2, 0) is 0 Å². The van der Waals surface area contributed by atoms with E-state index in [9.17, 15) is 18.3 Å². The highest BCUT2D eigenvalue weighted by Gasteiger charge is 2.35. The fourth-order valence-corrected chi connectivity index (χ4v) is 3.72. The molecule has 3 rings (SSSR count). The summed E-state index contributed by atoms with van der Waals surface area (Å²) in [6, 6.07) is 7.24. The third kappa shape index (κ3) is 6.03. The lowest BCUT2D eigenvalue weighted by molar-refractivity contribution is -0.143. The van der Waals surface area contributed by atoms with Crippen molar-refractivity contribution < 1.29 is 18.3 Å². The number of aliphatic imine (C=N–C) groups is 1. The predicted octanol–water partition coefficient (Wildman–Crippen LogP) is 2.34. The number of phenols is 1. The van der Waals surface area contributed by atoms with Crippen molar-refractivity contribution in [3.8, 4) is 5.75 Å². The van der Waals surface area contributed by atoms with Crippen molar-refractivity contribution >= 4 is 35.6 Å². The second-order valence-electron chi connectivity index (χ2n) is 6.99. The van der Waals surface area contributed by atoms with Crippen LogP contribution in [0.2, 0.25) is 0 Å². The number of halogens is 4. The van der Waals surface area contributed by atoms with Crippen LogP contribution in [0.3, 0.4) is 0 Å². The Balaban J connectivity index is 0.00000280. The van der Waals surface area contributed by atoms with Gasteiger partial charge in [0.25, 0.3) is 0 Å². The molecule has 158 valence electrons. The van der Waals surface area contributed by atoms with Crippen molar-refractivity contribution in [1.29, 1.82) is 0 Å². The molecule has 2 aliphatic rings. The molecule has 1 atom stereocenters. The van der Waals surface area contributed by atoms with Gasteiger partial charge in [0.15, 0.2) is 5.96 Å². The summed E-state index contributed by atoms with van der Waals surface area (Å²) >= 11 is 0. The lowest BCUT2D eigenvalue weighted by Gasteiger charge is -2.38. The average molecular weight is 513 g/mol. The molecule has 0 bridgehead atoms. The first-order valence-electron chi connectivity index (χ1n) is 9.16. The molecule has 0 aromatic heterocycles. The number of nitrogens with one attached hydrogen (secondary N) is 1. The number of hydrogen-bond acceptors (Lipinski definition) is 4. The van der Waals surface area contributed by atoms with Crippen LogP contribution in [0.1, 0.15) is 6.42 Å². The first kappa shape index (κ1) is 22.9. The Hall–Kier alpha value is -1.43. The molecule has 0 spiro atoms. The van der Waals surface area contributed by atoms with Crippen LogP contribution in [0, 0.1) is 0 Å². The zero-order valence-electron chi connectivity index (χ0n) is 15.8. The summed E-state index contributed by atoms with van der Waals surface area (Å²) in [5, 5.41) is 13.3. The molecule has 6 nitrogen and oxygen atoms in total. The maximum atomic E-state index is 12.5. The van der Waals surface area contributed by atoms with Crippen molar-refractivity contribution in [3.63, 3.8) is 0 Å². The van der Waals surface area contributed by atoms with E-state index in [-0.39, 0.29) is 35.8 Å². The first-order chi connectivity index (χ1) is 12.9. The molecule has 1 aromatic rings. The second kappa shape index (κ2) is 9.86. The Kier molecular flexibility index (Phi) is 8.05. The highest BCUT2D eigenvalue weighted by atomic mass is 127. The van der Waals surface area contributed by atoms with Crippen LogP contribution < -0.4 is 10.2 Å². The minimum Gasteiger partial charge on any atom is -0.506 e. The third-order valence-corrected chi connectivity index (χ3v) is 5.02. The van der Waals surface area contributed by atoms with E-state index in [2.05, 4.69) is 20.1 Å². The van der Waals surface area contributed by atoms with Crippen LogP contribution in [0.15, 0.2) is 29.3 Å². The molecule has 0 saturated carbocycles. The van der Waals surface area contributed by atoms with E-state index >= 15 is 0 Å². The summed E-state index contributed by atoms with van der Waals surface area (Å²) in [6.07, 6.45) is -3.48. The number of nitrogens with zero attached hydrogens (tertiary/aromatic N) is 4. The van der Waals surface area contributed by atoms with Gasteiger partial charge in [0.2, 0.25) is 0 Å². The van der Waals surface area contributed by atoms with Crippen molar-refractivity contribution in [2.75, 3.05) is 57.8 Å². The Morgan fingerprint density at radius 3 is 2.46 bits per heavy atom. The number of anilines is 1. The summed E-state index contributed by atoms with van der Waals surface area (Å²) in [6.45, 7) is 2.89. The lowest BCUT2D eigenvalue weighted by Crippen LogP contribution is -2.54. The second-order valence-corrected chi connectivity index (χ2v) is 6.99. The normalized spacial score (nSPS) is 21.6. The van der Waals surface area contributed by atoms with E-state index in [0.29, 0.717) is 19.5 Å². The summed E-state index contributed by atoms with van der Waals surface area (Å²) in [4.78, 5) is 9.98. The molecule has 2 saturated heterocycles. The lowest BCUT2D eigenvalue weighted by atomic mass is 10.2. The fraction of sp³-hybridized carbons (Fsp3) is 0.611. The Labute approximate surface area is 180 Å². The minimum atomic E-state index is -4.16. The van der Waals surface area contributed by atoms with Crippen molar-refractivity contribution in [3.05, 3.63) is 24.3 Å². The maximum Gasteiger partial charge on any atom is 0.401 e. The number of likely N-dealkylation sites (tertiary alicyclic amines) is 1. The van der Waals surface area contributed by atoms with Crippen molar-refractivity contribution in [1.82, 2.24) is 15.1 Å². The molecule has 10 heteroatoms. The predicted molar refractivity (Wildman–Crippen MR) is 115 cm³/mol. The molecule has 2 aliphatic heterocycles. The van der Waals surface area contributed by atoms with Gasteiger partial charge in [-0.05, 0) is 18.6 Å². The molecule has 2 heterocycles. The van der Waals surface area contributed by atoms with Crippen LogP contribution in [-0.4, -0.2) is 85.9 Å². The van der Waals surface area contributed by atoms with E-state index < -0.39 is 12.7 Å². The summed E-state index contributed by atoms with van der Waals surface area (Å²) in [5.41, 5.74) is 0.818. The van der Waals surface area contributed by atoms with E-state index in [1.165, 1.54) is 4.90 Å². The van der Waals surface area contributed by atoms with Gasteiger partial charge in [-0.1, -0.05) is 12.1 Å². The maximum absolute atomic E-state index is 12.5. The molecular formula is C18H27F3IN5O. The number of guanidine groups is 1. The number of para-hydroxylation sites is 2. The molecule has 2 fully saturated rings. The number of aromatic hydroxyl groups is 1. The monoisotopic (exact) mass is 513 g/mol. The van der Waals surface area contributed by atoms with Gasteiger partial charge in [0.1, 0.15) is 5.75 Å². The van der Waals surface area contributed by atoms with Gasteiger partial charge < -0.3 is 20.2 Å². The highest BCUT2D eigenvalue weighted by molar-refractivity contribution is 14.0. The van der Waals surface area contributed by atoms with Gasteiger partial charge in [-0.25, -0.2) is 0 Å². The van der Waals surface area contributed by atoms with Crippen molar-refractivity contribution in [2.24, 2.45) is 4.99 Å². The minimum absolute atomic E-state index is 0. The SMILES string of the molecule is CN=C(NC1CCN(CC(F)(F)F)C1)N1CCN(c2ccccc2O)CC1.I. The Morgan fingerprint density at radius 1 is 1.18 bits per heavy atom. The van der Waals surface area contributed by atoms with Gasteiger partial charge >= 0.3 is 6.18 Å². The number of benzene rings is 1. The van der Waals surface area contributed by atoms with Crippen LogP contribution >= 0.6 is 24.0 Å². The summed E-state index contributed by atoms with van der Waals surface area (Å²) < 4.78 is 37.6. The number of rotatable bonds is 3. The molecular weight excluding hydrogens is 486 g/mol. The molecule has 2 N–H and O–H groups in total. The fourth-order valence-electron chi connectivity index (χ4n) is 3.72. The number of alkyl halides is 3. The molecule has 0 aliphatic carbocycles. The molecule has 0 amide bonds. The van der Waals surface area contributed by atoms with E-state index in [1.54, 1.807) is 19.2 Å². The molecule has 1 unspecified atom stereocenters. The van der Waals surface area contributed by atoms with Gasteiger partial charge in [0, 0.05) is 52.4 Å².